The third kappa shape index (κ3) is 10.2. The van der Waals surface area contributed by atoms with Gasteiger partial charge in [-0.1, -0.05) is 48.3 Å². The number of amides is 1. The highest BCUT2D eigenvalue weighted by Gasteiger charge is 2.65. The lowest BCUT2D eigenvalue weighted by molar-refractivity contribution is -0.252. The zero-order chi connectivity index (χ0) is 42.6. The molecular weight excluding hydrogens is 791 g/mol. The summed E-state index contributed by atoms with van der Waals surface area (Å²) >= 11 is 1.75. The van der Waals surface area contributed by atoms with Crippen LogP contribution in [0.15, 0.2) is 107 Å². The standard InChI is InChI=1S/C49H59N3O8S/c1-3-26-58-49-44(52(2)48(55)35-20-18-34(33-50)19-21-35)32-42(51-60-45-17-9-12-27-57-45)40-30-36(13-7-10-24-53)39(16-8-11-25-54)46(47(40)49)41-31-37(22-23-43(41)59-49)56-28-29-61-38-14-5-4-6-15-38/h3-6,14-15,18-23,30-31,36,39,44-47,53-54H,1,7-13,16-17,24-29,32H2,2H3. The molecule has 2 N–H and O–H groups in total. The monoisotopic (exact) mass is 849 g/mol. The lowest BCUT2D eigenvalue weighted by atomic mass is 9.55. The van der Waals surface area contributed by atoms with Crippen LogP contribution in [0.1, 0.15) is 91.6 Å². The highest BCUT2D eigenvalue weighted by molar-refractivity contribution is 7.99. The number of hydrogen-bond donors (Lipinski definition) is 2. The van der Waals surface area contributed by atoms with Crippen LogP contribution in [0.25, 0.3) is 0 Å². The van der Waals surface area contributed by atoms with Gasteiger partial charge in [-0.25, -0.2) is 0 Å². The molecule has 2 heterocycles. The summed E-state index contributed by atoms with van der Waals surface area (Å²) in [5, 5.41) is 34.2. The van der Waals surface area contributed by atoms with Gasteiger partial charge in [-0.05, 0) is 111 Å². The van der Waals surface area contributed by atoms with Crippen LogP contribution in [0.3, 0.4) is 0 Å². The number of benzene rings is 3. The van der Waals surface area contributed by atoms with Crippen LogP contribution in [0.5, 0.6) is 11.5 Å². The lowest BCUT2D eigenvalue weighted by Crippen LogP contribution is -2.69. The van der Waals surface area contributed by atoms with Crippen LogP contribution in [0.2, 0.25) is 0 Å². The Balaban J connectivity index is 1.36. The second kappa shape index (κ2) is 21.4. The average molecular weight is 850 g/mol. The first-order valence-electron chi connectivity index (χ1n) is 21.8. The summed E-state index contributed by atoms with van der Waals surface area (Å²) in [5.41, 5.74) is 3.57. The Hall–Kier alpha value is -4.64. The Morgan fingerprint density at radius 1 is 1.05 bits per heavy atom. The quantitative estimate of drug-likeness (QED) is 0.0491. The number of aliphatic hydroxyl groups excluding tert-OH is 2. The van der Waals surface area contributed by atoms with Crippen molar-refractivity contribution in [2.45, 2.75) is 93.1 Å². The molecule has 0 radical (unpaired) electrons. The number of allylic oxidation sites excluding steroid dienone is 1. The van der Waals surface area contributed by atoms with E-state index in [1.807, 2.05) is 30.3 Å². The molecule has 3 aromatic carbocycles. The van der Waals surface area contributed by atoms with Gasteiger partial charge in [0.1, 0.15) is 17.5 Å². The molecule has 11 nitrogen and oxygen atoms in total. The molecule has 2 aliphatic carbocycles. The number of nitrogens with zero attached hydrogens (tertiary/aromatic N) is 3. The number of hydrogen-bond acceptors (Lipinski definition) is 11. The zero-order valence-corrected chi connectivity index (χ0v) is 36.0. The molecule has 2 fully saturated rings. The summed E-state index contributed by atoms with van der Waals surface area (Å²) in [5.74, 6) is 0.112. The molecule has 3 aromatic rings. The van der Waals surface area contributed by atoms with Crippen LogP contribution < -0.4 is 9.47 Å². The smallest absolute Gasteiger partial charge is 0.254 e. The highest BCUT2D eigenvalue weighted by Crippen LogP contribution is 2.62. The third-order valence-electron chi connectivity index (χ3n) is 12.5. The first kappa shape index (κ1) is 44.4. The molecule has 0 bridgehead atoms. The third-order valence-corrected chi connectivity index (χ3v) is 13.5. The second-order valence-electron chi connectivity index (χ2n) is 16.3. The number of likely N-dealkylation sites (N-methyl/N-ethyl adjacent to an activating group) is 1. The average Bonchev–Trinajstić information content (AvgIpc) is 3.30. The van der Waals surface area contributed by atoms with Gasteiger partial charge in [0, 0.05) is 60.8 Å². The van der Waals surface area contributed by atoms with Crippen LogP contribution in [-0.4, -0.2) is 90.7 Å². The van der Waals surface area contributed by atoms with Crippen molar-refractivity contribution in [3.8, 4) is 17.6 Å². The summed E-state index contributed by atoms with van der Waals surface area (Å²) < 4.78 is 26.8. The van der Waals surface area contributed by atoms with E-state index in [1.165, 1.54) is 4.90 Å². The van der Waals surface area contributed by atoms with Gasteiger partial charge in [-0.15, -0.1) is 18.3 Å². The Morgan fingerprint density at radius 2 is 1.84 bits per heavy atom. The van der Waals surface area contributed by atoms with E-state index in [2.05, 4.69) is 36.9 Å². The fourth-order valence-electron chi connectivity index (χ4n) is 9.60. The fraction of sp³-hybridized carbons (Fsp3) is 0.490. The molecule has 1 saturated carbocycles. The maximum atomic E-state index is 14.6. The molecule has 0 spiro atoms. The molecule has 7 atom stereocenters. The van der Waals surface area contributed by atoms with E-state index in [9.17, 15) is 20.3 Å². The summed E-state index contributed by atoms with van der Waals surface area (Å²) in [6.07, 6.45) is 11.2. The topological polar surface area (TPSA) is 143 Å². The van der Waals surface area contributed by atoms with Gasteiger partial charge < -0.3 is 38.9 Å². The molecule has 0 aromatic heterocycles. The highest BCUT2D eigenvalue weighted by atomic mass is 32.2. The largest absolute Gasteiger partial charge is 0.493 e. The molecular formula is C49H59N3O8S. The van der Waals surface area contributed by atoms with Crippen LogP contribution in [0.4, 0.5) is 0 Å². The predicted molar refractivity (Wildman–Crippen MR) is 236 cm³/mol. The zero-order valence-electron chi connectivity index (χ0n) is 35.2. The first-order valence-corrected chi connectivity index (χ1v) is 22.8. The summed E-state index contributed by atoms with van der Waals surface area (Å²) in [6.45, 7) is 5.52. The molecule has 7 unspecified atom stereocenters. The van der Waals surface area contributed by atoms with Crippen molar-refractivity contribution in [2.24, 2.45) is 22.9 Å². The number of rotatable bonds is 20. The number of oxime groups is 1. The number of nitriles is 1. The molecule has 61 heavy (non-hydrogen) atoms. The minimum absolute atomic E-state index is 0.0827. The van der Waals surface area contributed by atoms with E-state index in [-0.39, 0.29) is 49.9 Å². The minimum atomic E-state index is -1.38. The maximum absolute atomic E-state index is 14.6. The van der Waals surface area contributed by atoms with Gasteiger partial charge in [-0.3, -0.25) is 4.79 Å². The van der Waals surface area contributed by atoms with Crippen LogP contribution in [0, 0.1) is 29.1 Å². The number of carbonyl (C=O) groups is 1. The lowest BCUT2D eigenvalue weighted by Gasteiger charge is -2.59. The van der Waals surface area contributed by atoms with Crippen molar-refractivity contribution in [3.05, 3.63) is 114 Å². The van der Waals surface area contributed by atoms with E-state index in [0.29, 0.717) is 48.6 Å². The van der Waals surface area contributed by atoms with Gasteiger partial charge in [0.05, 0.1) is 43.1 Å². The van der Waals surface area contributed by atoms with Crippen molar-refractivity contribution in [1.29, 1.82) is 5.26 Å². The Morgan fingerprint density at radius 3 is 2.56 bits per heavy atom. The van der Waals surface area contributed by atoms with E-state index < -0.39 is 24.0 Å². The molecule has 1 amide bonds. The van der Waals surface area contributed by atoms with Crippen LogP contribution >= 0.6 is 11.8 Å². The normalized spacial score (nSPS) is 25.9. The van der Waals surface area contributed by atoms with E-state index in [1.54, 1.807) is 54.1 Å². The van der Waals surface area contributed by atoms with Gasteiger partial charge in [0.25, 0.3) is 5.91 Å². The Bertz CT molecular complexity index is 2030. The number of carbonyl (C=O) groups excluding carboxylic acids is 1. The van der Waals surface area contributed by atoms with Gasteiger partial charge in [0.2, 0.25) is 12.1 Å². The number of aliphatic hydroxyl groups is 2. The van der Waals surface area contributed by atoms with Gasteiger partial charge >= 0.3 is 0 Å². The van der Waals surface area contributed by atoms with Crippen molar-refractivity contribution < 1.29 is 38.8 Å². The van der Waals surface area contributed by atoms with E-state index >= 15 is 0 Å². The number of ether oxygens (including phenoxy) is 4. The molecule has 2 aliphatic heterocycles. The van der Waals surface area contributed by atoms with Gasteiger partial charge in [-0.2, -0.15) is 5.26 Å². The Labute approximate surface area is 364 Å². The molecule has 12 heteroatoms. The number of fused-ring (bicyclic) bond motifs is 2. The molecule has 4 aliphatic rings. The fourth-order valence-corrected chi connectivity index (χ4v) is 10.4. The van der Waals surface area contributed by atoms with Crippen molar-refractivity contribution in [3.63, 3.8) is 0 Å². The second-order valence-corrected chi connectivity index (χ2v) is 17.5. The van der Waals surface area contributed by atoms with E-state index in [0.717, 1.165) is 67.6 Å². The summed E-state index contributed by atoms with van der Waals surface area (Å²) in [6, 6.07) is 24.4. The van der Waals surface area contributed by atoms with Crippen molar-refractivity contribution >= 4 is 23.4 Å². The van der Waals surface area contributed by atoms with Crippen LogP contribution in [-0.2, 0) is 14.3 Å². The molecule has 1 saturated heterocycles. The maximum Gasteiger partial charge on any atom is 0.254 e. The minimum Gasteiger partial charge on any atom is -0.493 e. The number of thioether (sulfide) groups is 1. The SMILES string of the molecule is C=CCOC12Oc3ccc(OCCSc4ccccc4)cc3C3C(CCCCO)C(CCCCO)C=C(C(=NOC4CCCCO4)CC1N(C)C(=O)c1ccc(C#N)cc1)C32. The van der Waals surface area contributed by atoms with E-state index in [4.69, 9.17) is 28.9 Å². The van der Waals surface area contributed by atoms with Crippen molar-refractivity contribution in [1.82, 2.24) is 4.90 Å². The molecule has 7 rings (SSSR count). The summed E-state index contributed by atoms with van der Waals surface area (Å²) in [7, 11) is 1.78. The van der Waals surface area contributed by atoms with Gasteiger partial charge in [0.15, 0.2) is 0 Å². The number of unbranched alkanes of at least 4 members (excludes halogenated alkanes) is 2. The predicted octanol–water partition coefficient (Wildman–Crippen LogP) is 8.66. The summed E-state index contributed by atoms with van der Waals surface area (Å²) in [4.78, 5) is 23.7. The first-order chi connectivity index (χ1) is 29.9. The molecule has 324 valence electrons. The van der Waals surface area contributed by atoms with Crippen molar-refractivity contribution in [2.75, 3.05) is 45.8 Å². The Kier molecular flexibility index (Phi) is 15.6.